The average molecular weight is 497 g/mol. The van der Waals surface area contributed by atoms with E-state index in [4.69, 9.17) is 9.47 Å². The van der Waals surface area contributed by atoms with Gasteiger partial charge in [-0.05, 0) is 93.6 Å². The fourth-order valence-electron chi connectivity index (χ4n) is 9.36. The highest BCUT2D eigenvalue weighted by molar-refractivity contribution is 5.83. The van der Waals surface area contributed by atoms with Crippen LogP contribution < -0.4 is 0 Å². The molecule has 196 valence electrons. The molecule has 6 nitrogen and oxygen atoms in total. The van der Waals surface area contributed by atoms with Crippen molar-refractivity contribution in [3.63, 3.8) is 0 Å². The third kappa shape index (κ3) is 3.16. The molecular weight excluding hydrogens is 456 g/mol. The smallest absolute Gasteiger partial charge is 0.338 e. The molecule has 2 bridgehead atoms. The zero-order chi connectivity index (χ0) is 25.8. The van der Waals surface area contributed by atoms with Crippen LogP contribution >= 0.6 is 0 Å². The van der Waals surface area contributed by atoms with E-state index in [2.05, 4.69) is 19.9 Å². The van der Waals surface area contributed by atoms with E-state index in [1.165, 1.54) is 11.1 Å². The van der Waals surface area contributed by atoms with E-state index in [9.17, 15) is 19.8 Å². The summed E-state index contributed by atoms with van der Waals surface area (Å²) in [4.78, 5) is 24.7. The van der Waals surface area contributed by atoms with Gasteiger partial charge in [0.25, 0.3) is 0 Å². The predicted octanol–water partition coefficient (Wildman–Crippen LogP) is 4.40. The molecule has 1 saturated heterocycles. The topological polar surface area (TPSA) is 93.1 Å². The van der Waals surface area contributed by atoms with Crippen LogP contribution in [-0.4, -0.2) is 45.6 Å². The van der Waals surface area contributed by atoms with Gasteiger partial charge in [0.15, 0.2) is 5.60 Å². The summed E-state index contributed by atoms with van der Waals surface area (Å²) in [6.45, 7) is 10.3. The molecule has 6 heteroatoms. The van der Waals surface area contributed by atoms with Crippen LogP contribution in [-0.2, 0) is 19.1 Å². The number of allylic oxidation sites excluding steroid dienone is 4. The van der Waals surface area contributed by atoms with Gasteiger partial charge in [-0.1, -0.05) is 31.6 Å². The van der Waals surface area contributed by atoms with Crippen molar-refractivity contribution in [3.05, 3.63) is 34.9 Å². The van der Waals surface area contributed by atoms with Gasteiger partial charge in [-0.2, -0.15) is 0 Å². The monoisotopic (exact) mass is 496 g/mol. The van der Waals surface area contributed by atoms with Gasteiger partial charge < -0.3 is 19.7 Å². The Hall–Kier alpha value is -1.92. The Morgan fingerprint density at radius 1 is 1.03 bits per heavy atom. The summed E-state index contributed by atoms with van der Waals surface area (Å²) in [6.07, 6.45) is 10.9. The maximum absolute atomic E-state index is 12.5. The van der Waals surface area contributed by atoms with Crippen LogP contribution in [0.2, 0.25) is 0 Å². The van der Waals surface area contributed by atoms with Crippen LogP contribution in [0.4, 0.5) is 0 Å². The number of esters is 2. The molecule has 0 amide bonds. The first kappa shape index (κ1) is 24.4. The minimum atomic E-state index is -1.44. The van der Waals surface area contributed by atoms with Crippen molar-refractivity contribution in [1.82, 2.24) is 0 Å². The molecule has 2 heterocycles. The largest absolute Gasteiger partial charge is 0.460 e. The van der Waals surface area contributed by atoms with Gasteiger partial charge in [0.2, 0.25) is 0 Å². The van der Waals surface area contributed by atoms with Crippen molar-refractivity contribution in [2.75, 3.05) is 0 Å². The van der Waals surface area contributed by atoms with Gasteiger partial charge in [-0.3, -0.25) is 0 Å². The summed E-state index contributed by atoms with van der Waals surface area (Å²) >= 11 is 0. The fourth-order valence-corrected chi connectivity index (χ4v) is 9.36. The third-order valence-electron chi connectivity index (χ3n) is 11.5. The van der Waals surface area contributed by atoms with E-state index in [1.807, 2.05) is 19.9 Å². The quantitative estimate of drug-likeness (QED) is 0.523. The third-order valence-corrected chi connectivity index (χ3v) is 11.5. The molecule has 0 radical (unpaired) electrons. The number of rotatable bonds is 1. The number of hydrogen-bond donors (Lipinski definition) is 2. The number of cyclic esters (lactones) is 1. The summed E-state index contributed by atoms with van der Waals surface area (Å²) in [5.41, 5.74) is 1.65. The molecule has 0 aromatic carbocycles. The highest BCUT2D eigenvalue weighted by atomic mass is 16.6. The van der Waals surface area contributed by atoms with Gasteiger partial charge in [0, 0.05) is 23.8 Å². The highest BCUT2D eigenvalue weighted by Gasteiger charge is 2.67. The number of aliphatic hydroxyl groups is 2. The number of aliphatic hydroxyl groups excluding tert-OH is 1. The molecule has 0 aromatic heterocycles. The lowest BCUT2D eigenvalue weighted by Crippen LogP contribution is -2.49. The summed E-state index contributed by atoms with van der Waals surface area (Å²) in [5.74, 6) is -0.694. The van der Waals surface area contributed by atoms with Crippen molar-refractivity contribution in [1.29, 1.82) is 0 Å². The lowest BCUT2D eigenvalue weighted by Gasteiger charge is -2.52. The first-order valence-electron chi connectivity index (χ1n) is 13.7. The Morgan fingerprint density at radius 2 is 1.78 bits per heavy atom. The molecule has 6 rings (SSSR count). The highest BCUT2D eigenvalue weighted by Crippen LogP contribution is 2.70. The summed E-state index contributed by atoms with van der Waals surface area (Å²) in [5, 5.41) is 22.4. The second kappa shape index (κ2) is 7.57. The second-order valence-corrected chi connectivity index (χ2v) is 13.6. The van der Waals surface area contributed by atoms with Gasteiger partial charge in [0.05, 0.1) is 6.10 Å². The predicted molar refractivity (Wildman–Crippen MR) is 133 cm³/mol. The molecule has 0 spiro atoms. The lowest BCUT2D eigenvalue weighted by atomic mass is 9.52. The van der Waals surface area contributed by atoms with Gasteiger partial charge in [0.1, 0.15) is 11.7 Å². The Kier molecular flexibility index (Phi) is 5.13. The van der Waals surface area contributed by atoms with Crippen LogP contribution in [0.1, 0.15) is 79.6 Å². The lowest BCUT2D eigenvalue weighted by molar-refractivity contribution is -0.184. The summed E-state index contributed by atoms with van der Waals surface area (Å²) in [6, 6.07) is 0. The number of carbonyl (C=O) groups excluding carboxylic acids is 2. The Balaban J connectivity index is 1.37. The number of hydrogen-bond acceptors (Lipinski definition) is 6. The Labute approximate surface area is 213 Å². The standard InChI is InChI=1S/C30H40O6/c1-27(2)20-7-8-21-17(12-16(20)6-9-24(32)36-27)10-11-28(3)25(22(31)15-29(21,28)4)19-13-18-14-23(19)35-26(33)30(18,5)34/h6,9,12,18-20,22-23,25,31,34H,7-8,10-11,13-15H2,1-5H3/t18-,19-,20-,22-,23-,25?,28-,29+,30-/m1/s1. The van der Waals surface area contributed by atoms with Crippen molar-refractivity contribution in [3.8, 4) is 0 Å². The Bertz CT molecular complexity index is 1110. The van der Waals surface area contributed by atoms with Crippen LogP contribution in [0.5, 0.6) is 0 Å². The normalized spacial score (nSPS) is 49.2. The molecule has 1 unspecified atom stereocenters. The fraction of sp³-hybridized carbons (Fsp3) is 0.733. The number of carbonyl (C=O) groups is 2. The van der Waals surface area contributed by atoms with E-state index in [0.29, 0.717) is 12.8 Å². The zero-order valence-electron chi connectivity index (χ0n) is 22.2. The van der Waals surface area contributed by atoms with Crippen LogP contribution in [0.25, 0.3) is 0 Å². The first-order chi connectivity index (χ1) is 16.8. The molecule has 36 heavy (non-hydrogen) atoms. The molecule has 2 aliphatic heterocycles. The number of fused-ring (bicyclic) bond motifs is 5. The first-order valence-corrected chi connectivity index (χ1v) is 13.7. The van der Waals surface area contributed by atoms with Crippen molar-refractivity contribution in [2.45, 2.75) is 103 Å². The molecular formula is C30H40O6. The van der Waals surface area contributed by atoms with E-state index in [1.54, 1.807) is 13.0 Å². The molecule has 6 aliphatic rings. The molecule has 2 saturated carbocycles. The van der Waals surface area contributed by atoms with Gasteiger partial charge in [-0.25, -0.2) is 9.59 Å². The van der Waals surface area contributed by atoms with Gasteiger partial charge in [-0.15, -0.1) is 0 Å². The minimum Gasteiger partial charge on any atom is -0.460 e. The molecule has 0 aromatic rings. The average Bonchev–Trinajstić information content (AvgIpc) is 3.10. The minimum absolute atomic E-state index is 0.0203. The molecule has 2 N–H and O–H groups in total. The van der Waals surface area contributed by atoms with Crippen LogP contribution in [0.15, 0.2) is 34.9 Å². The van der Waals surface area contributed by atoms with Crippen LogP contribution in [0.3, 0.4) is 0 Å². The summed E-state index contributed by atoms with van der Waals surface area (Å²) in [7, 11) is 0. The maximum Gasteiger partial charge on any atom is 0.338 e. The SMILES string of the molecule is CC1(C)OC(=O)C=CC2=CC3=C(CC[C@H]21)[C@]1(C)C[C@@H](O)C([C@@H]2C[C@@H]4C[C@H]2OC(=O)[C@]4(C)O)[C@@]1(C)CC3. The van der Waals surface area contributed by atoms with E-state index in [-0.39, 0.29) is 46.6 Å². The van der Waals surface area contributed by atoms with Crippen molar-refractivity contribution < 1.29 is 29.3 Å². The van der Waals surface area contributed by atoms with E-state index >= 15 is 0 Å². The van der Waals surface area contributed by atoms with Crippen molar-refractivity contribution >= 4 is 11.9 Å². The van der Waals surface area contributed by atoms with E-state index < -0.39 is 23.3 Å². The van der Waals surface area contributed by atoms with Crippen LogP contribution in [0, 0.1) is 34.5 Å². The Morgan fingerprint density at radius 3 is 2.53 bits per heavy atom. The summed E-state index contributed by atoms with van der Waals surface area (Å²) < 4.78 is 11.6. The van der Waals surface area contributed by atoms with E-state index in [0.717, 1.165) is 37.7 Å². The second-order valence-electron chi connectivity index (χ2n) is 13.6. The molecule has 4 aliphatic carbocycles. The molecule has 3 fully saturated rings. The zero-order valence-corrected chi connectivity index (χ0v) is 22.2. The van der Waals surface area contributed by atoms with Crippen molar-refractivity contribution in [2.24, 2.45) is 34.5 Å². The van der Waals surface area contributed by atoms with Gasteiger partial charge >= 0.3 is 11.9 Å². The molecule has 9 atom stereocenters. The number of ether oxygens (including phenoxy) is 2. The maximum atomic E-state index is 12.5.